The van der Waals surface area contributed by atoms with Crippen LogP contribution in [0.3, 0.4) is 0 Å². The maximum Gasteiger partial charge on any atom is 0.255 e. The summed E-state index contributed by atoms with van der Waals surface area (Å²) >= 11 is 0. The lowest BCUT2D eigenvalue weighted by molar-refractivity contribution is 0.102. The lowest BCUT2D eigenvalue weighted by atomic mass is 10.0. The van der Waals surface area contributed by atoms with Gasteiger partial charge < -0.3 is 19.4 Å². The molecule has 6 heteroatoms. The van der Waals surface area contributed by atoms with E-state index in [1.54, 1.807) is 0 Å². The maximum absolute atomic E-state index is 13.0. The zero-order valence-corrected chi connectivity index (χ0v) is 19.2. The molecule has 3 aromatic carbocycles. The van der Waals surface area contributed by atoms with Crippen LogP contribution in [-0.2, 0) is 6.54 Å². The number of rotatable bonds is 5. The van der Waals surface area contributed by atoms with Gasteiger partial charge >= 0.3 is 0 Å². The normalized spacial score (nSPS) is 12.1. The predicted octanol–water partition coefficient (Wildman–Crippen LogP) is 6.04. The van der Waals surface area contributed by atoms with Gasteiger partial charge in [-0.15, -0.1) is 0 Å². The van der Waals surface area contributed by atoms with Crippen LogP contribution in [0, 0.1) is 6.92 Å². The number of anilines is 1. The Balaban J connectivity index is 1.19. The Kier molecular flexibility index (Phi) is 5.19. The van der Waals surface area contributed by atoms with Crippen LogP contribution in [0.2, 0.25) is 0 Å². The molecule has 0 spiro atoms. The molecule has 1 aliphatic rings. The molecule has 6 rings (SSSR count). The van der Waals surface area contributed by atoms with Gasteiger partial charge in [0.05, 0.1) is 5.52 Å². The van der Waals surface area contributed by atoms with Crippen LogP contribution in [-0.4, -0.2) is 22.3 Å². The highest BCUT2D eigenvalue weighted by atomic mass is 16.7. The first-order chi connectivity index (χ1) is 17.1. The van der Waals surface area contributed by atoms with Gasteiger partial charge in [-0.2, -0.15) is 0 Å². The van der Waals surface area contributed by atoms with E-state index in [1.807, 2.05) is 92.2 Å². The lowest BCUT2D eigenvalue weighted by Gasteiger charge is -2.12. The van der Waals surface area contributed by atoms with Crippen molar-refractivity contribution in [1.29, 1.82) is 0 Å². The largest absolute Gasteiger partial charge is 0.454 e. The molecule has 1 N–H and O–H groups in total. The SMILES string of the molecule is Cc1c(NC(=O)c2ccc(-c3ccc4c(c3)OCO4)cc2)ccc2cc(Cn3cccc3)cnc12. The molecule has 6 nitrogen and oxygen atoms in total. The first-order valence-electron chi connectivity index (χ1n) is 11.4. The number of hydrogen-bond donors (Lipinski definition) is 1. The highest BCUT2D eigenvalue weighted by Crippen LogP contribution is 2.36. The van der Waals surface area contributed by atoms with Gasteiger partial charge in [-0.1, -0.05) is 24.3 Å². The number of amides is 1. The summed E-state index contributed by atoms with van der Waals surface area (Å²) in [5.41, 5.74) is 6.32. The van der Waals surface area contributed by atoms with E-state index in [9.17, 15) is 4.79 Å². The minimum Gasteiger partial charge on any atom is -0.454 e. The molecule has 1 aliphatic heterocycles. The van der Waals surface area contributed by atoms with Gasteiger partial charge in [0, 0.05) is 41.8 Å². The van der Waals surface area contributed by atoms with E-state index in [-0.39, 0.29) is 12.7 Å². The van der Waals surface area contributed by atoms with Crippen molar-refractivity contribution >= 4 is 22.5 Å². The second kappa shape index (κ2) is 8.65. The van der Waals surface area contributed by atoms with Gasteiger partial charge in [0.25, 0.3) is 5.91 Å². The molecule has 5 aromatic rings. The van der Waals surface area contributed by atoms with Gasteiger partial charge in [-0.3, -0.25) is 9.78 Å². The molecule has 0 radical (unpaired) electrons. The molecular formula is C29H23N3O3. The molecule has 0 saturated heterocycles. The molecule has 0 atom stereocenters. The quantitative estimate of drug-likeness (QED) is 0.347. The number of aromatic nitrogens is 2. The van der Waals surface area contributed by atoms with Crippen molar-refractivity contribution in [2.45, 2.75) is 13.5 Å². The Morgan fingerprint density at radius 2 is 1.71 bits per heavy atom. The van der Waals surface area contributed by atoms with Crippen molar-refractivity contribution in [2.24, 2.45) is 0 Å². The van der Waals surface area contributed by atoms with Crippen molar-refractivity contribution in [2.75, 3.05) is 12.1 Å². The van der Waals surface area contributed by atoms with E-state index >= 15 is 0 Å². The summed E-state index contributed by atoms with van der Waals surface area (Å²) in [5, 5.41) is 4.10. The predicted molar refractivity (Wildman–Crippen MR) is 136 cm³/mol. The van der Waals surface area contributed by atoms with Crippen molar-refractivity contribution in [3.8, 4) is 22.6 Å². The summed E-state index contributed by atoms with van der Waals surface area (Å²) in [6, 6.07) is 23.5. The van der Waals surface area contributed by atoms with Crippen molar-refractivity contribution in [3.05, 3.63) is 108 Å². The Morgan fingerprint density at radius 3 is 2.54 bits per heavy atom. The summed E-state index contributed by atoms with van der Waals surface area (Å²) in [6.07, 6.45) is 5.97. The van der Waals surface area contributed by atoms with E-state index in [0.29, 0.717) is 5.56 Å². The average molecular weight is 462 g/mol. The number of aryl methyl sites for hydroxylation is 1. The number of carbonyl (C=O) groups excluding carboxylic acids is 1. The fourth-order valence-electron chi connectivity index (χ4n) is 4.39. The number of benzene rings is 3. The molecule has 0 unspecified atom stereocenters. The van der Waals surface area contributed by atoms with Gasteiger partial charge in [-0.25, -0.2) is 0 Å². The molecule has 0 bridgehead atoms. The first kappa shape index (κ1) is 21.0. The van der Waals surface area contributed by atoms with Crippen LogP contribution in [0.1, 0.15) is 21.5 Å². The number of nitrogens with one attached hydrogen (secondary N) is 1. The number of pyridine rings is 1. The van der Waals surface area contributed by atoms with E-state index in [0.717, 1.165) is 56.9 Å². The molecule has 172 valence electrons. The van der Waals surface area contributed by atoms with E-state index < -0.39 is 0 Å². The number of ether oxygens (including phenoxy) is 2. The monoisotopic (exact) mass is 461 g/mol. The average Bonchev–Trinajstić information content (AvgIpc) is 3.57. The number of nitrogens with zero attached hydrogens (tertiary/aromatic N) is 2. The Morgan fingerprint density at radius 1 is 0.943 bits per heavy atom. The highest BCUT2D eigenvalue weighted by molar-refractivity contribution is 6.06. The molecule has 0 saturated carbocycles. The van der Waals surface area contributed by atoms with Gasteiger partial charge in [0.2, 0.25) is 6.79 Å². The van der Waals surface area contributed by atoms with Crippen LogP contribution >= 0.6 is 0 Å². The summed E-state index contributed by atoms with van der Waals surface area (Å²) in [4.78, 5) is 17.7. The molecule has 2 aromatic heterocycles. The number of carbonyl (C=O) groups is 1. The third kappa shape index (κ3) is 4.10. The Hall–Kier alpha value is -4.58. The number of hydrogen-bond acceptors (Lipinski definition) is 4. The molecule has 1 amide bonds. The smallest absolute Gasteiger partial charge is 0.255 e. The van der Waals surface area contributed by atoms with Crippen LogP contribution in [0.4, 0.5) is 5.69 Å². The molecular weight excluding hydrogens is 438 g/mol. The molecule has 0 fully saturated rings. The minimum atomic E-state index is -0.158. The summed E-state index contributed by atoms with van der Waals surface area (Å²) in [5.74, 6) is 1.33. The summed E-state index contributed by atoms with van der Waals surface area (Å²) in [7, 11) is 0. The second-order valence-corrected chi connectivity index (χ2v) is 8.61. The first-order valence-corrected chi connectivity index (χ1v) is 11.4. The zero-order chi connectivity index (χ0) is 23.8. The van der Waals surface area contributed by atoms with Crippen LogP contribution in [0.5, 0.6) is 11.5 Å². The van der Waals surface area contributed by atoms with Gasteiger partial charge in [-0.05, 0) is 77.7 Å². The van der Waals surface area contributed by atoms with Crippen LogP contribution in [0.15, 0.2) is 91.4 Å². The topological polar surface area (TPSA) is 65.4 Å². The summed E-state index contributed by atoms with van der Waals surface area (Å²) < 4.78 is 13.0. The fraction of sp³-hybridized carbons (Fsp3) is 0.103. The number of fused-ring (bicyclic) bond motifs is 2. The standard InChI is InChI=1S/C29H23N3O3/c1-19-25(10-8-24-14-20(16-30-28(19)24)17-32-12-2-3-13-32)31-29(33)22-6-4-21(5-7-22)23-9-11-26-27(15-23)35-18-34-26/h2-16H,17-18H2,1H3,(H,31,33). The zero-order valence-electron chi connectivity index (χ0n) is 19.2. The van der Waals surface area contributed by atoms with Crippen molar-refractivity contribution in [3.63, 3.8) is 0 Å². The van der Waals surface area contributed by atoms with Crippen molar-refractivity contribution < 1.29 is 14.3 Å². The van der Waals surface area contributed by atoms with Crippen LogP contribution < -0.4 is 14.8 Å². The third-order valence-electron chi connectivity index (χ3n) is 6.30. The van der Waals surface area contributed by atoms with Gasteiger partial charge in [0.15, 0.2) is 11.5 Å². The Labute approximate surface area is 202 Å². The Bertz CT molecular complexity index is 1540. The second-order valence-electron chi connectivity index (χ2n) is 8.61. The minimum absolute atomic E-state index is 0.158. The van der Waals surface area contributed by atoms with E-state index in [2.05, 4.69) is 20.9 Å². The van der Waals surface area contributed by atoms with Gasteiger partial charge in [0.1, 0.15) is 0 Å². The fourth-order valence-corrected chi connectivity index (χ4v) is 4.39. The van der Waals surface area contributed by atoms with E-state index in [4.69, 9.17) is 9.47 Å². The summed E-state index contributed by atoms with van der Waals surface area (Å²) in [6.45, 7) is 3.01. The molecule has 3 heterocycles. The molecule has 35 heavy (non-hydrogen) atoms. The lowest BCUT2D eigenvalue weighted by Crippen LogP contribution is -2.13. The van der Waals surface area contributed by atoms with E-state index in [1.165, 1.54) is 0 Å². The molecule has 0 aliphatic carbocycles. The van der Waals surface area contributed by atoms with Crippen molar-refractivity contribution in [1.82, 2.24) is 9.55 Å². The maximum atomic E-state index is 13.0. The third-order valence-corrected chi connectivity index (χ3v) is 6.30. The van der Waals surface area contributed by atoms with Crippen LogP contribution in [0.25, 0.3) is 22.0 Å². The highest BCUT2D eigenvalue weighted by Gasteiger charge is 2.15.